The summed E-state index contributed by atoms with van der Waals surface area (Å²) in [5, 5.41) is 12.3. The van der Waals surface area contributed by atoms with Gasteiger partial charge < -0.3 is 24.8 Å². The molecule has 8 nitrogen and oxygen atoms in total. The zero-order chi connectivity index (χ0) is 24.1. The lowest BCUT2D eigenvalue weighted by Crippen LogP contribution is -2.46. The lowest BCUT2D eigenvalue weighted by atomic mass is 9.86. The van der Waals surface area contributed by atoms with E-state index in [9.17, 15) is 19.5 Å². The van der Waals surface area contributed by atoms with Crippen molar-refractivity contribution in [3.05, 3.63) is 59.7 Å². The maximum atomic E-state index is 12.9. The number of rotatable bonds is 3. The molecule has 2 atom stereocenters. The number of ether oxygens (including phenoxy) is 2. The van der Waals surface area contributed by atoms with E-state index in [0.29, 0.717) is 0 Å². The Bertz CT molecular complexity index is 1060. The van der Waals surface area contributed by atoms with Gasteiger partial charge in [-0.25, -0.2) is 9.59 Å². The van der Waals surface area contributed by atoms with Crippen LogP contribution in [0, 0.1) is 0 Å². The van der Waals surface area contributed by atoms with Crippen LogP contribution in [0.25, 0.3) is 11.1 Å². The second-order valence-corrected chi connectivity index (χ2v) is 8.82. The van der Waals surface area contributed by atoms with Gasteiger partial charge in [-0.15, -0.1) is 0 Å². The molecule has 4 rings (SSSR count). The van der Waals surface area contributed by atoms with Gasteiger partial charge in [0.2, 0.25) is 5.91 Å². The zero-order valence-electron chi connectivity index (χ0n) is 19.3. The molecule has 0 aromatic heterocycles. The maximum Gasteiger partial charge on any atom is 0.407 e. The lowest BCUT2D eigenvalue weighted by molar-refractivity contribution is -0.147. The van der Waals surface area contributed by atoms with Crippen molar-refractivity contribution < 1.29 is 29.0 Å². The number of aliphatic carboxylic acids is 1. The summed E-state index contributed by atoms with van der Waals surface area (Å²) < 4.78 is 11.1. The molecule has 2 heterocycles. The number of nitrogens with one attached hydrogen (secondary N) is 1. The summed E-state index contributed by atoms with van der Waals surface area (Å²) in [5.41, 5.74) is 3.26. The minimum atomic E-state index is -1.10. The van der Waals surface area contributed by atoms with Crippen LogP contribution in [0.3, 0.4) is 0 Å². The average Bonchev–Trinajstić information content (AvgIpc) is 3.26. The van der Waals surface area contributed by atoms with Gasteiger partial charge in [-0.2, -0.15) is 0 Å². The van der Waals surface area contributed by atoms with Crippen molar-refractivity contribution in [2.45, 2.75) is 43.7 Å². The third-order valence-corrected chi connectivity index (χ3v) is 6.74. The van der Waals surface area contributed by atoms with Crippen molar-refractivity contribution in [3.63, 3.8) is 0 Å². The number of alkyl carbamates (subject to hydrolysis) is 1. The quantitative estimate of drug-likeness (QED) is 0.719. The second-order valence-electron chi connectivity index (χ2n) is 8.82. The summed E-state index contributed by atoms with van der Waals surface area (Å²) in [5.74, 6) is -1.59. The van der Waals surface area contributed by atoms with Gasteiger partial charge in [0.15, 0.2) is 0 Å². The normalized spacial score (nSPS) is 23.8. The zero-order valence-corrected chi connectivity index (χ0v) is 19.3. The molecule has 2 aliphatic rings. The number of carboxylic acid groups (broad SMARTS) is 1. The van der Waals surface area contributed by atoms with Crippen molar-refractivity contribution >= 4 is 18.0 Å². The van der Waals surface area contributed by atoms with E-state index in [1.165, 1.54) is 4.90 Å². The van der Waals surface area contributed by atoms with Crippen molar-refractivity contribution in [2.75, 3.05) is 26.8 Å². The summed E-state index contributed by atoms with van der Waals surface area (Å²) in [6, 6.07) is 15.2. The number of methoxy groups -OCH3 is 1. The third-order valence-electron chi connectivity index (χ3n) is 6.74. The standard InChI is InChI=1S/C26H30N2O6/c1-33-26-15-22(24(30)31)28(17-26)23(29)16-27-25(32)34-13-7-3-6-10-19-14-20(26)11-12-21(19)18-8-4-2-5-9-18/h2,4-5,8-9,11-12,14,22H,3,6-7,10,13,15-17H2,1H3,(H,27,32)(H,30,31)/t22-,26-/m0/s1. The number of carboxylic acids is 1. The number of cyclic esters (lactones) is 1. The number of amides is 2. The molecule has 0 saturated carbocycles. The number of fused-ring (bicyclic) bond motifs is 5. The van der Waals surface area contributed by atoms with E-state index in [1.807, 2.05) is 24.3 Å². The Balaban J connectivity index is 1.76. The third kappa shape index (κ3) is 4.92. The molecule has 2 aliphatic heterocycles. The molecule has 2 aromatic rings. The van der Waals surface area contributed by atoms with E-state index in [4.69, 9.17) is 9.47 Å². The topological polar surface area (TPSA) is 105 Å². The first-order valence-electron chi connectivity index (χ1n) is 11.6. The Labute approximate surface area is 198 Å². The van der Waals surface area contributed by atoms with Crippen molar-refractivity contribution in [1.29, 1.82) is 0 Å². The molecular weight excluding hydrogens is 436 g/mol. The van der Waals surface area contributed by atoms with Gasteiger partial charge in [-0.1, -0.05) is 48.5 Å². The van der Waals surface area contributed by atoms with Crippen LogP contribution in [0.4, 0.5) is 4.79 Å². The van der Waals surface area contributed by atoms with E-state index in [0.717, 1.165) is 47.9 Å². The van der Waals surface area contributed by atoms with E-state index in [2.05, 4.69) is 29.6 Å². The number of nitrogens with zero attached hydrogens (tertiary/aromatic N) is 1. The molecule has 2 N–H and O–H groups in total. The smallest absolute Gasteiger partial charge is 0.407 e. The molecule has 2 aromatic carbocycles. The molecule has 2 amide bonds. The lowest BCUT2D eigenvalue weighted by Gasteiger charge is -2.29. The molecule has 1 fully saturated rings. The minimum Gasteiger partial charge on any atom is -0.480 e. The van der Waals surface area contributed by atoms with Crippen molar-refractivity contribution in [3.8, 4) is 11.1 Å². The van der Waals surface area contributed by atoms with Crippen LogP contribution >= 0.6 is 0 Å². The SMILES string of the molecule is CO[C@@]12C[C@@H](C(=O)O)N(C1)C(=O)CNC(=O)OCCCCCc1cc2ccc1-c1ccccc1. The first-order chi connectivity index (χ1) is 16.4. The fraction of sp³-hybridized carbons (Fsp3) is 0.423. The molecule has 1 saturated heterocycles. The number of hydrogen-bond donors (Lipinski definition) is 2. The molecule has 0 aliphatic carbocycles. The monoisotopic (exact) mass is 466 g/mol. The Morgan fingerprint density at radius 2 is 1.94 bits per heavy atom. The summed E-state index contributed by atoms with van der Waals surface area (Å²) in [6.45, 7) is 0.0145. The summed E-state index contributed by atoms with van der Waals surface area (Å²) in [7, 11) is 1.55. The Morgan fingerprint density at radius 3 is 2.68 bits per heavy atom. The van der Waals surface area contributed by atoms with Crippen LogP contribution in [-0.4, -0.2) is 60.8 Å². The highest BCUT2D eigenvalue weighted by atomic mass is 16.5. The van der Waals surface area contributed by atoms with E-state index < -0.39 is 29.6 Å². The highest BCUT2D eigenvalue weighted by Crippen LogP contribution is 2.41. The van der Waals surface area contributed by atoms with Gasteiger partial charge in [0.1, 0.15) is 18.2 Å². The van der Waals surface area contributed by atoms with Gasteiger partial charge in [0.05, 0.1) is 13.2 Å². The molecule has 0 unspecified atom stereocenters. The fourth-order valence-corrected chi connectivity index (χ4v) is 4.87. The summed E-state index contributed by atoms with van der Waals surface area (Å²) in [4.78, 5) is 38.2. The first kappa shape index (κ1) is 23.8. The summed E-state index contributed by atoms with van der Waals surface area (Å²) in [6.07, 6.45) is 2.78. The van der Waals surface area contributed by atoms with Crippen molar-refractivity contribution in [2.24, 2.45) is 0 Å². The first-order valence-corrected chi connectivity index (χ1v) is 11.6. The van der Waals surface area contributed by atoms with Gasteiger partial charge in [0, 0.05) is 13.5 Å². The Hall–Kier alpha value is -3.39. The fourth-order valence-electron chi connectivity index (χ4n) is 4.87. The van der Waals surface area contributed by atoms with E-state index in [-0.39, 0.29) is 26.1 Å². The molecule has 180 valence electrons. The minimum absolute atomic E-state index is 0.0835. The van der Waals surface area contributed by atoms with Crippen LogP contribution in [-0.2, 0) is 31.1 Å². The molecular formula is C26H30N2O6. The van der Waals surface area contributed by atoms with Crippen molar-refractivity contribution in [1.82, 2.24) is 10.2 Å². The van der Waals surface area contributed by atoms with E-state index in [1.54, 1.807) is 7.11 Å². The highest BCUT2D eigenvalue weighted by molar-refractivity contribution is 5.87. The van der Waals surface area contributed by atoms with Crippen LogP contribution in [0.5, 0.6) is 0 Å². The molecule has 0 spiro atoms. The van der Waals surface area contributed by atoms with Gasteiger partial charge in [0.25, 0.3) is 0 Å². The number of aryl methyl sites for hydroxylation is 1. The molecule has 34 heavy (non-hydrogen) atoms. The van der Waals surface area contributed by atoms with Gasteiger partial charge in [-0.3, -0.25) is 4.79 Å². The highest BCUT2D eigenvalue weighted by Gasteiger charge is 2.50. The predicted molar refractivity (Wildman–Crippen MR) is 125 cm³/mol. The van der Waals surface area contributed by atoms with Crippen LogP contribution in [0.15, 0.2) is 48.5 Å². The van der Waals surface area contributed by atoms with E-state index >= 15 is 0 Å². The summed E-state index contributed by atoms with van der Waals surface area (Å²) >= 11 is 0. The number of benzene rings is 2. The molecule has 8 heteroatoms. The number of carbonyl (C=O) groups is 3. The maximum absolute atomic E-state index is 12.9. The Kier molecular flexibility index (Phi) is 7.17. The van der Waals surface area contributed by atoms with Crippen LogP contribution in [0.2, 0.25) is 0 Å². The predicted octanol–water partition coefficient (Wildman–Crippen LogP) is 3.33. The van der Waals surface area contributed by atoms with Crippen LogP contribution in [0.1, 0.15) is 36.8 Å². The molecule has 4 bridgehead atoms. The number of hydrogen-bond acceptors (Lipinski definition) is 5. The van der Waals surface area contributed by atoms with Crippen LogP contribution < -0.4 is 5.32 Å². The largest absolute Gasteiger partial charge is 0.480 e. The van der Waals surface area contributed by atoms with Gasteiger partial charge >= 0.3 is 12.1 Å². The average molecular weight is 467 g/mol. The Morgan fingerprint density at radius 1 is 1.15 bits per heavy atom. The molecule has 0 radical (unpaired) electrons. The van der Waals surface area contributed by atoms with Gasteiger partial charge in [-0.05, 0) is 47.9 Å². The number of carbonyl (C=O) groups excluding carboxylic acids is 2. The second kappa shape index (κ2) is 10.3.